The van der Waals surface area contributed by atoms with E-state index >= 15 is 0 Å². The minimum absolute atomic E-state index is 0.247. The maximum atomic E-state index is 12.8. The lowest BCUT2D eigenvalue weighted by molar-refractivity contribution is 0.102. The molecule has 0 bridgehead atoms. The molecular formula is C22H20N4O3S. The number of benzene rings is 2. The normalized spacial score (nSPS) is 10.6. The first-order chi connectivity index (χ1) is 14.6. The fourth-order valence-corrected chi connectivity index (χ4v) is 3.80. The second-order valence-corrected chi connectivity index (χ2v) is 7.31. The summed E-state index contributed by atoms with van der Waals surface area (Å²) in [6.07, 6.45) is 1.57. The molecule has 8 heteroatoms. The van der Waals surface area contributed by atoms with E-state index in [4.69, 9.17) is 9.47 Å². The zero-order valence-electron chi connectivity index (χ0n) is 16.7. The van der Waals surface area contributed by atoms with Gasteiger partial charge in [-0.25, -0.2) is 9.67 Å². The zero-order valence-corrected chi connectivity index (χ0v) is 17.6. The summed E-state index contributed by atoms with van der Waals surface area (Å²) in [5.41, 5.74) is 3.78. The third-order valence-electron chi connectivity index (χ3n) is 4.66. The molecule has 0 unspecified atom stereocenters. The smallest absolute Gasteiger partial charge is 0.260 e. The fourth-order valence-electron chi connectivity index (χ4n) is 3.09. The minimum Gasteiger partial charge on any atom is -0.493 e. The van der Waals surface area contributed by atoms with E-state index in [9.17, 15) is 4.79 Å². The molecule has 0 spiro atoms. The molecule has 2 aromatic carbocycles. The van der Waals surface area contributed by atoms with Crippen molar-refractivity contribution in [1.29, 1.82) is 0 Å². The van der Waals surface area contributed by atoms with E-state index in [2.05, 4.69) is 15.4 Å². The van der Waals surface area contributed by atoms with E-state index in [1.165, 1.54) is 11.3 Å². The summed E-state index contributed by atoms with van der Waals surface area (Å²) in [5, 5.41) is 9.61. The summed E-state index contributed by atoms with van der Waals surface area (Å²) in [7, 11) is 3.18. The summed E-state index contributed by atoms with van der Waals surface area (Å²) in [4.78, 5) is 17.3. The van der Waals surface area contributed by atoms with Gasteiger partial charge in [-0.15, -0.1) is 11.3 Å². The second-order valence-electron chi connectivity index (χ2n) is 6.45. The van der Waals surface area contributed by atoms with Crippen LogP contribution in [-0.2, 0) is 0 Å². The molecule has 7 nitrogen and oxygen atoms in total. The largest absolute Gasteiger partial charge is 0.493 e. The fraction of sp³-hybridized carbons (Fsp3) is 0.136. The van der Waals surface area contributed by atoms with Crippen LogP contribution >= 0.6 is 11.3 Å². The van der Waals surface area contributed by atoms with Crippen LogP contribution in [-0.4, -0.2) is 34.9 Å². The lowest BCUT2D eigenvalue weighted by atomic mass is 10.1. The molecule has 30 heavy (non-hydrogen) atoms. The Balaban J connectivity index is 1.53. The molecule has 1 N–H and O–H groups in total. The number of methoxy groups -OCH3 is 2. The van der Waals surface area contributed by atoms with Crippen molar-refractivity contribution < 1.29 is 14.3 Å². The Morgan fingerprint density at radius 3 is 2.57 bits per heavy atom. The van der Waals surface area contributed by atoms with Crippen LogP contribution < -0.4 is 14.8 Å². The molecule has 1 amide bonds. The maximum Gasteiger partial charge on any atom is 0.260 e. The number of hydrogen-bond donors (Lipinski definition) is 1. The average molecular weight is 420 g/mol. The number of amides is 1. The summed E-state index contributed by atoms with van der Waals surface area (Å²) >= 11 is 1.36. The van der Waals surface area contributed by atoms with Gasteiger partial charge in [-0.3, -0.25) is 10.1 Å². The van der Waals surface area contributed by atoms with Gasteiger partial charge in [0.25, 0.3) is 5.91 Å². The van der Waals surface area contributed by atoms with Crippen molar-refractivity contribution in [3.05, 3.63) is 71.4 Å². The van der Waals surface area contributed by atoms with E-state index in [1.54, 1.807) is 25.1 Å². The molecule has 152 valence electrons. The third kappa shape index (κ3) is 3.77. The van der Waals surface area contributed by atoms with Crippen molar-refractivity contribution in [3.63, 3.8) is 0 Å². The Hall–Kier alpha value is -3.65. The molecule has 0 saturated heterocycles. The quantitative estimate of drug-likeness (QED) is 0.494. The second kappa shape index (κ2) is 8.38. The van der Waals surface area contributed by atoms with Crippen molar-refractivity contribution in [1.82, 2.24) is 14.8 Å². The highest BCUT2D eigenvalue weighted by molar-refractivity contribution is 7.14. The maximum absolute atomic E-state index is 12.8. The summed E-state index contributed by atoms with van der Waals surface area (Å²) in [6, 6.07) is 15.3. The number of aromatic nitrogens is 3. The molecule has 2 aromatic heterocycles. The van der Waals surface area contributed by atoms with E-state index < -0.39 is 0 Å². The molecular weight excluding hydrogens is 400 g/mol. The predicted molar refractivity (Wildman–Crippen MR) is 117 cm³/mol. The number of thiazole rings is 1. The molecule has 0 aliphatic carbocycles. The van der Waals surface area contributed by atoms with Crippen LogP contribution in [0.25, 0.3) is 16.9 Å². The monoisotopic (exact) mass is 420 g/mol. The zero-order chi connectivity index (χ0) is 21.1. The van der Waals surface area contributed by atoms with Crippen molar-refractivity contribution in [3.8, 4) is 28.4 Å². The van der Waals surface area contributed by atoms with Crippen LogP contribution in [0.5, 0.6) is 11.5 Å². The predicted octanol–water partition coefficient (Wildman–Crippen LogP) is 4.57. The van der Waals surface area contributed by atoms with Gasteiger partial charge in [-0.2, -0.15) is 5.10 Å². The Labute approximate surface area is 177 Å². The average Bonchev–Trinajstić information content (AvgIpc) is 3.40. The topological polar surface area (TPSA) is 78.3 Å². The third-order valence-corrected chi connectivity index (χ3v) is 5.42. The van der Waals surface area contributed by atoms with E-state index in [1.807, 2.05) is 60.8 Å². The first kappa shape index (κ1) is 19.7. The van der Waals surface area contributed by atoms with Gasteiger partial charge < -0.3 is 9.47 Å². The summed E-state index contributed by atoms with van der Waals surface area (Å²) in [5.74, 6) is 1.02. The molecule has 2 heterocycles. The molecule has 0 atom stereocenters. The van der Waals surface area contributed by atoms with Crippen molar-refractivity contribution >= 4 is 22.4 Å². The molecule has 0 radical (unpaired) electrons. The standard InChI is InChI=1S/C22H20N4O3S/c1-14-17(12-23-26(14)16-7-5-4-6-8-16)21(27)25-22-24-18(13-30-22)15-9-10-19(28-2)20(11-15)29-3/h4-13H,1-3H3,(H,24,25,27). The molecule has 0 fully saturated rings. The Morgan fingerprint density at radius 1 is 1.07 bits per heavy atom. The molecule has 4 aromatic rings. The van der Waals surface area contributed by atoms with E-state index in [0.29, 0.717) is 22.2 Å². The Kier molecular flexibility index (Phi) is 5.49. The Bertz CT molecular complexity index is 1180. The lowest BCUT2D eigenvalue weighted by Crippen LogP contribution is -2.13. The van der Waals surface area contributed by atoms with E-state index in [-0.39, 0.29) is 5.91 Å². The molecule has 0 aliphatic rings. The van der Waals surface area contributed by atoms with Gasteiger partial charge in [-0.1, -0.05) is 18.2 Å². The highest BCUT2D eigenvalue weighted by atomic mass is 32.1. The van der Waals surface area contributed by atoms with Gasteiger partial charge in [0.15, 0.2) is 16.6 Å². The molecule has 4 rings (SSSR count). The number of anilines is 1. The first-order valence-corrected chi connectivity index (χ1v) is 10.1. The Morgan fingerprint density at radius 2 is 1.83 bits per heavy atom. The van der Waals surface area contributed by atoms with Crippen LogP contribution in [0.15, 0.2) is 60.1 Å². The van der Waals surface area contributed by atoms with Crippen molar-refractivity contribution in [2.45, 2.75) is 6.92 Å². The van der Waals surface area contributed by atoms with Crippen molar-refractivity contribution in [2.75, 3.05) is 19.5 Å². The van der Waals surface area contributed by atoms with Crippen LogP contribution in [0.4, 0.5) is 5.13 Å². The number of ether oxygens (including phenoxy) is 2. The number of hydrogen-bond acceptors (Lipinski definition) is 6. The van der Waals surface area contributed by atoms with Gasteiger partial charge in [0, 0.05) is 10.9 Å². The van der Waals surface area contributed by atoms with Gasteiger partial charge in [-0.05, 0) is 37.3 Å². The number of nitrogens with zero attached hydrogens (tertiary/aromatic N) is 3. The molecule has 0 aliphatic heterocycles. The SMILES string of the molecule is COc1ccc(-c2csc(NC(=O)c3cnn(-c4ccccc4)c3C)n2)cc1OC. The number of carbonyl (C=O) groups excluding carboxylic acids is 1. The van der Waals surface area contributed by atoms with Crippen LogP contribution in [0.3, 0.4) is 0 Å². The number of carbonyl (C=O) groups is 1. The van der Waals surface area contributed by atoms with E-state index in [0.717, 1.165) is 22.6 Å². The lowest BCUT2D eigenvalue weighted by Gasteiger charge is -2.08. The van der Waals surface area contributed by atoms with Crippen molar-refractivity contribution in [2.24, 2.45) is 0 Å². The van der Waals surface area contributed by atoms with Crippen LogP contribution in [0.2, 0.25) is 0 Å². The number of nitrogens with one attached hydrogen (secondary N) is 1. The van der Waals surface area contributed by atoms with Gasteiger partial charge in [0.05, 0.1) is 43.1 Å². The summed E-state index contributed by atoms with van der Waals surface area (Å²) < 4.78 is 12.4. The number of rotatable bonds is 6. The minimum atomic E-state index is -0.247. The van der Waals surface area contributed by atoms with Crippen LogP contribution in [0, 0.1) is 6.92 Å². The summed E-state index contributed by atoms with van der Waals surface area (Å²) in [6.45, 7) is 1.87. The highest BCUT2D eigenvalue weighted by Crippen LogP contribution is 2.33. The first-order valence-electron chi connectivity index (χ1n) is 9.20. The molecule has 0 saturated carbocycles. The van der Waals surface area contributed by atoms with Gasteiger partial charge in [0.1, 0.15) is 0 Å². The van der Waals surface area contributed by atoms with Gasteiger partial charge in [0.2, 0.25) is 0 Å². The highest BCUT2D eigenvalue weighted by Gasteiger charge is 2.17. The van der Waals surface area contributed by atoms with Crippen LogP contribution in [0.1, 0.15) is 16.1 Å². The number of para-hydroxylation sites is 1. The van der Waals surface area contributed by atoms with Gasteiger partial charge >= 0.3 is 0 Å².